The summed E-state index contributed by atoms with van der Waals surface area (Å²) in [5, 5.41) is 0.569. The van der Waals surface area contributed by atoms with E-state index in [4.69, 9.17) is 11.6 Å². The van der Waals surface area contributed by atoms with Crippen LogP contribution in [0.15, 0.2) is 18.2 Å². The highest BCUT2D eigenvalue weighted by Gasteiger charge is 2.19. The van der Waals surface area contributed by atoms with Gasteiger partial charge in [-0.15, -0.1) is 0 Å². The number of anilines is 1. The molecule has 14 heavy (non-hydrogen) atoms. The molecule has 76 valence electrons. The first-order valence-corrected chi connectivity index (χ1v) is 5.34. The Morgan fingerprint density at radius 3 is 2.71 bits per heavy atom. The zero-order valence-electron chi connectivity index (χ0n) is 8.12. The van der Waals surface area contributed by atoms with Crippen molar-refractivity contribution in [3.8, 4) is 0 Å². The summed E-state index contributed by atoms with van der Waals surface area (Å²) < 4.78 is 0. The first-order chi connectivity index (χ1) is 6.75. The summed E-state index contributed by atoms with van der Waals surface area (Å²) in [7, 11) is 0. The Bertz CT molecular complexity index is 308. The van der Waals surface area contributed by atoms with Crippen molar-refractivity contribution in [2.75, 3.05) is 18.0 Å². The maximum atomic E-state index is 5.84. The maximum absolute atomic E-state index is 5.84. The predicted octanol–water partition coefficient (Wildman–Crippen LogP) is 0.946. The second kappa shape index (κ2) is 4.15. The average Bonchev–Trinajstić information content (AvgIpc) is 2.19. The van der Waals surface area contributed by atoms with E-state index in [0.29, 0.717) is 11.2 Å². The summed E-state index contributed by atoms with van der Waals surface area (Å²) in [6, 6.07) is 6.36. The van der Waals surface area contributed by atoms with Crippen LogP contribution in [-0.4, -0.2) is 24.1 Å². The largest absolute Gasteiger partial charge is 0.356 e. The molecule has 1 aliphatic rings. The summed E-state index contributed by atoms with van der Waals surface area (Å²) >= 11 is 5.84. The summed E-state index contributed by atoms with van der Waals surface area (Å²) in [5.74, 6) is 0.990. The molecule has 1 aromatic heterocycles. The fraction of sp³-hybridized carbons (Fsp3) is 0.500. The predicted molar refractivity (Wildman–Crippen MR) is 57.4 cm³/mol. The number of hydrogen-bond donors (Lipinski definition) is 1. The van der Waals surface area contributed by atoms with E-state index in [1.165, 1.54) is 0 Å². The summed E-state index contributed by atoms with van der Waals surface area (Å²) in [6.07, 6.45) is 2.29. The van der Waals surface area contributed by atoms with Gasteiger partial charge >= 0.3 is 0 Å². The van der Waals surface area contributed by atoms with Crippen molar-refractivity contribution in [3.63, 3.8) is 0 Å². The molecule has 0 spiro atoms. The van der Waals surface area contributed by atoms with E-state index >= 15 is 0 Å². The molecule has 0 bridgehead atoms. The van der Waals surface area contributed by atoms with Gasteiger partial charge in [-0.1, -0.05) is 17.7 Å². The molecule has 0 radical (unpaired) electrons. The smallest absolute Gasteiger partial charge is 0.131 e. The van der Waals surface area contributed by atoms with Crippen LogP contribution in [0.5, 0.6) is 0 Å². The fourth-order valence-electron chi connectivity index (χ4n) is 1.74. The number of pyridine rings is 1. The van der Waals surface area contributed by atoms with Gasteiger partial charge < -0.3 is 10.6 Å². The van der Waals surface area contributed by atoms with Gasteiger partial charge in [0.2, 0.25) is 0 Å². The van der Waals surface area contributed by atoms with E-state index in [0.717, 1.165) is 31.7 Å². The fourth-order valence-corrected chi connectivity index (χ4v) is 1.90. The molecule has 3 nitrogen and oxygen atoms in total. The molecule has 0 amide bonds. The Hall–Kier alpha value is -0.800. The zero-order chi connectivity index (χ0) is 9.97. The van der Waals surface area contributed by atoms with Crippen LogP contribution in [0.3, 0.4) is 0 Å². The van der Waals surface area contributed by atoms with Crippen molar-refractivity contribution in [2.24, 2.45) is 0 Å². The topological polar surface area (TPSA) is 43.8 Å². The minimum Gasteiger partial charge on any atom is -0.356 e. The van der Waals surface area contributed by atoms with Gasteiger partial charge in [-0.25, -0.2) is 4.98 Å². The highest BCUT2D eigenvalue weighted by atomic mass is 35.5. The quantitative estimate of drug-likeness (QED) is 0.705. The monoisotopic (exact) mass is 212 g/mol. The summed E-state index contributed by atoms with van der Waals surface area (Å²) in [4.78, 5) is 6.56. The molecule has 1 aromatic rings. The number of nitrogens with zero attached hydrogens (tertiary/aromatic N) is 2. The van der Waals surface area contributed by atoms with Crippen molar-refractivity contribution < 1.29 is 5.73 Å². The van der Waals surface area contributed by atoms with Crippen LogP contribution in [0.2, 0.25) is 5.15 Å². The van der Waals surface area contributed by atoms with Gasteiger partial charge in [-0.2, -0.15) is 0 Å². The molecule has 3 N–H and O–H groups in total. The molecular formula is C10H15ClN3+. The van der Waals surface area contributed by atoms with Crippen molar-refractivity contribution in [2.45, 2.75) is 18.9 Å². The zero-order valence-corrected chi connectivity index (χ0v) is 8.87. The highest BCUT2D eigenvalue weighted by molar-refractivity contribution is 6.29. The molecule has 1 aliphatic heterocycles. The van der Waals surface area contributed by atoms with Gasteiger partial charge in [-0.3, -0.25) is 0 Å². The molecule has 0 saturated carbocycles. The third-order valence-electron chi connectivity index (χ3n) is 2.64. The van der Waals surface area contributed by atoms with Crippen molar-refractivity contribution in [1.82, 2.24) is 4.98 Å². The Balaban J connectivity index is 2.08. The molecule has 0 aromatic carbocycles. The normalized spacial score (nSPS) is 18.6. The SMILES string of the molecule is [NH3+]C1CCN(c2cccc(Cl)n2)CC1. The first-order valence-electron chi connectivity index (χ1n) is 4.96. The average molecular weight is 213 g/mol. The lowest BCUT2D eigenvalue weighted by atomic mass is 10.1. The molecule has 1 fully saturated rings. The number of aromatic nitrogens is 1. The number of quaternary nitrogens is 1. The molecule has 0 aliphatic carbocycles. The van der Waals surface area contributed by atoms with Crippen LogP contribution in [0.25, 0.3) is 0 Å². The van der Waals surface area contributed by atoms with Gasteiger partial charge in [0.05, 0.1) is 6.04 Å². The van der Waals surface area contributed by atoms with Crippen molar-refractivity contribution in [3.05, 3.63) is 23.4 Å². The lowest BCUT2D eigenvalue weighted by Crippen LogP contribution is -2.64. The van der Waals surface area contributed by atoms with Crippen LogP contribution < -0.4 is 10.6 Å². The molecule has 0 unspecified atom stereocenters. The Labute approximate surface area is 88.9 Å². The second-order valence-electron chi connectivity index (χ2n) is 3.75. The lowest BCUT2D eigenvalue weighted by Gasteiger charge is -2.29. The number of hydrogen-bond acceptors (Lipinski definition) is 2. The van der Waals surface area contributed by atoms with E-state index in [1.807, 2.05) is 12.1 Å². The van der Waals surface area contributed by atoms with Crippen LogP contribution in [-0.2, 0) is 0 Å². The molecule has 0 atom stereocenters. The second-order valence-corrected chi connectivity index (χ2v) is 4.14. The van der Waals surface area contributed by atoms with Gasteiger partial charge in [0, 0.05) is 25.9 Å². The van der Waals surface area contributed by atoms with E-state index in [9.17, 15) is 0 Å². The Morgan fingerprint density at radius 2 is 2.07 bits per heavy atom. The summed E-state index contributed by atoms with van der Waals surface area (Å²) in [5.41, 5.74) is 4.07. The lowest BCUT2D eigenvalue weighted by molar-refractivity contribution is -0.423. The molecule has 4 heteroatoms. The standard InChI is InChI=1S/C10H14ClN3/c11-9-2-1-3-10(13-9)14-6-4-8(12)5-7-14/h1-3,8H,4-7,12H2/p+1. The third kappa shape index (κ3) is 2.16. The van der Waals surface area contributed by atoms with Gasteiger partial charge in [0.15, 0.2) is 0 Å². The Morgan fingerprint density at radius 1 is 1.36 bits per heavy atom. The van der Waals surface area contributed by atoms with Gasteiger partial charge in [0.25, 0.3) is 0 Å². The number of halogens is 1. The molecular weight excluding hydrogens is 198 g/mol. The van der Waals surface area contributed by atoms with Crippen molar-refractivity contribution >= 4 is 17.4 Å². The van der Waals surface area contributed by atoms with Gasteiger partial charge in [-0.05, 0) is 12.1 Å². The van der Waals surface area contributed by atoms with E-state index in [-0.39, 0.29) is 0 Å². The minimum absolute atomic E-state index is 0.569. The van der Waals surface area contributed by atoms with Gasteiger partial charge in [0.1, 0.15) is 11.0 Å². The van der Waals surface area contributed by atoms with Crippen LogP contribution in [0.1, 0.15) is 12.8 Å². The third-order valence-corrected chi connectivity index (χ3v) is 2.85. The molecule has 1 saturated heterocycles. The Kier molecular flexibility index (Phi) is 2.89. The number of piperidine rings is 1. The minimum atomic E-state index is 0.569. The first kappa shape index (κ1) is 9.74. The van der Waals surface area contributed by atoms with Crippen LogP contribution >= 0.6 is 11.6 Å². The molecule has 2 rings (SSSR count). The molecule has 2 heterocycles. The van der Waals surface area contributed by atoms with E-state index in [2.05, 4.69) is 15.6 Å². The summed E-state index contributed by atoms with van der Waals surface area (Å²) in [6.45, 7) is 2.09. The van der Waals surface area contributed by atoms with Crippen LogP contribution in [0, 0.1) is 0 Å². The van der Waals surface area contributed by atoms with Crippen molar-refractivity contribution in [1.29, 1.82) is 0 Å². The maximum Gasteiger partial charge on any atom is 0.131 e. The van der Waals surface area contributed by atoms with E-state index in [1.54, 1.807) is 6.07 Å². The van der Waals surface area contributed by atoms with Crippen LogP contribution in [0.4, 0.5) is 5.82 Å². The number of rotatable bonds is 1. The highest BCUT2D eigenvalue weighted by Crippen LogP contribution is 2.18. The van der Waals surface area contributed by atoms with E-state index < -0.39 is 0 Å².